The molecule has 0 N–H and O–H groups in total. The van der Waals surface area contributed by atoms with Crippen LogP contribution in [0.15, 0.2) is 24.3 Å². The van der Waals surface area contributed by atoms with E-state index in [1.54, 1.807) is 13.8 Å². The summed E-state index contributed by atoms with van der Waals surface area (Å²) in [5.74, 6) is 0. The molecule has 0 aliphatic carbocycles. The highest BCUT2D eigenvalue weighted by Gasteiger charge is 2.34. The molecule has 0 unspecified atom stereocenters. The number of aryl methyl sites for hydroxylation is 1. The lowest BCUT2D eigenvalue weighted by Gasteiger charge is -2.21. The zero-order valence-electron chi connectivity index (χ0n) is 9.12. The van der Waals surface area contributed by atoms with Crippen LogP contribution in [-0.2, 0) is 20.2 Å². The Labute approximate surface area is 95.7 Å². The van der Waals surface area contributed by atoms with Crippen LogP contribution in [0.2, 0.25) is 0 Å². The molecule has 15 heavy (non-hydrogen) atoms. The summed E-state index contributed by atoms with van der Waals surface area (Å²) in [6.45, 7) is 5.27. The lowest BCUT2D eigenvalue weighted by molar-refractivity contribution is 0.570. The zero-order chi connectivity index (χ0) is 11.7. The third-order valence-corrected chi connectivity index (χ3v) is 5.28. The van der Waals surface area contributed by atoms with Gasteiger partial charge in [0.05, 0.1) is 0 Å². The van der Waals surface area contributed by atoms with Crippen LogP contribution in [-0.4, -0.2) is 8.42 Å². The molecule has 2 nitrogen and oxygen atoms in total. The van der Waals surface area contributed by atoms with Crippen LogP contribution in [0.5, 0.6) is 0 Å². The van der Waals surface area contributed by atoms with Gasteiger partial charge in [-0.2, -0.15) is 0 Å². The molecule has 0 saturated carbocycles. The molecular weight excluding hydrogens is 232 g/mol. The summed E-state index contributed by atoms with van der Waals surface area (Å²) in [4.78, 5) is 0. The van der Waals surface area contributed by atoms with E-state index >= 15 is 0 Å². The van der Waals surface area contributed by atoms with Gasteiger partial charge < -0.3 is 0 Å². The SMILES string of the molecule is CCc1ccc(C(C)(C)S(=O)(=O)Cl)cc1. The van der Waals surface area contributed by atoms with Crippen molar-refractivity contribution < 1.29 is 8.42 Å². The third-order valence-electron chi connectivity index (χ3n) is 2.67. The van der Waals surface area contributed by atoms with Crippen LogP contribution in [0.3, 0.4) is 0 Å². The lowest BCUT2D eigenvalue weighted by atomic mass is 10.0. The van der Waals surface area contributed by atoms with Gasteiger partial charge in [0.1, 0.15) is 4.75 Å². The fourth-order valence-corrected chi connectivity index (χ4v) is 1.97. The Balaban J connectivity index is 3.17. The van der Waals surface area contributed by atoms with Crippen LogP contribution in [0, 0.1) is 0 Å². The molecule has 0 fully saturated rings. The molecular formula is C11H15ClO2S. The number of benzene rings is 1. The highest BCUT2D eigenvalue weighted by Crippen LogP contribution is 2.32. The van der Waals surface area contributed by atoms with Crippen molar-refractivity contribution in [1.29, 1.82) is 0 Å². The number of rotatable bonds is 3. The molecule has 0 amide bonds. The fraction of sp³-hybridized carbons (Fsp3) is 0.455. The summed E-state index contributed by atoms with van der Waals surface area (Å²) < 4.78 is 21.7. The van der Waals surface area contributed by atoms with Crippen LogP contribution >= 0.6 is 10.7 Å². The molecule has 0 atom stereocenters. The number of halogens is 1. The fourth-order valence-electron chi connectivity index (χ4n) is 1.28. The maximum absolute atomic E-state index is 11.4. The summed E-state index contributed by atoms with van der Waals surface area (Å²) in [5, 5.41) is 0. The Morgan fingerprint density at radius 2 is 1.67 bits per heavy atom. The summed E-state index contributed by atoms with van der Waals surface area (Å²) >= 11 is 0. The minimum atomic E-state index is -3.60. The molecule has 0 saturated heterocycles. The van der Waals surface area contributed by atoms with Gasteiger partial charge in [0.15, 0.2) is 0 Å². The van der Waals surface area contributed by atoms with Crippen LogP contribution in [0.1, 0.15) is 31.9 Å². The maximum atomic E-state index is 11.4. The molecule has 84 valence electrons. The maximum Gasteiger partial charge on any atom is 0.241 e. The van der Waals surface area contributed by atoms with Crippen LogP contribution in [0.4, 0.5) is 0 Å². The average Bonchev–Trinajstić information content (AvgIpc) is 2.16. The Morgan fingerprint density at radius 1 is 1.20 bits per heavy atom. The first-order valence-corrected chi connectivity index (χ1v) is 7.13. The van der Waals surface area contributed by atoms with Crippen molar-refractivity contribution in [3.8, 4) is 0 Å². The summed E-state index contributed by atoms with van der Waals surface area (Å²) in [5.41, 5.74) is 1.90. The number of hydrogen-bond acceptors (Lipinski definition) is 2. The lowest BCUT2D eigenvalue weighted by Crippen LogP contribution is -2.24. The Morgan fingerprint density at radius 3 is 2.00 bits per heavy atom. The first kappa shape index (κ1) is 12.5. The Hall–Kier alpha value is -0.540. The highest BCUT2D eigenvalue weighted by atomic mass is 35.7. The third kappa shape index (κ3) is 2.52. The smallest absolute Gasteiger partial charge is 0.211 e. The van der Waals surface area contributed by atoms with E-state index in [1.807, 2.05) is 24.3 Å². The Kier molecular flexibility index (Phi) is 3.46. The topological polar surface area (TPSA) is 34.1 Å². The van der Waals surface area contributed by atoms with Gasteiger partial charge in [-0.15, -0.1) is 0 Å². The molecule has 4 heteroatoms. The summed E-state index contributed by atoms with van der Waals surface area (Å²) in [7, 11) is 1.80. The van der Waals surface area contributed by atoms with Gasteiger partial charge in [-0.3, -0.25) is 0 Å². The molecule has 0 aliphatic rings. The number of hydrogen-bond donors (Lipinski definition) is 0. The van der Waals surface area contributed by atoms with Crippen molar-refractivity contribution >= 4 is 19.7 Å². The summed E-state index contributed by atoms with van der Waals surface area (Å²) in [6, 6.07) is 7.50. The van der Waals surface area contributed by atoms with Crippen molar-refractivity contribution in [3.05, 3.63) is 35.4 Å². The normalized spacial score (nSPS) is 12.8. The second kappa shape index (κ2) is 4.14. The standard InChI is InChI=1S/C11H15ClO2S/c1-4-9-5-7-10(8-6-9)11(2,3)15(12,13)14/h5-8H,4H2,1-3H3. The molecule has 0 spiro atoms. The molecule has 0 aliphatic heterocycles. The predicted octanol–water partition coefficient (Wildman–Crippen LogP) is 3.05. The van der Waals surface area contributed by atoms with Gasteiger partial charge in [-0.05, 0) is 31.4 Å². The van der Waals surface area contributed by atoms with Crippen molar-refractivity contribution in [1.82, 2.24) is 0 Å². The molecule has 0 bridgehead atoms. The van der Waals surface area contributed by atoms with E-state index in [-0.39, 0.29) is 0 Å². The second-order valence-corrected chi connectivity index (χ2v) is 7.11. The van der Waals surface area contributed by atoms with E-state index in [4.69, 9.17) is 10.7 Å². The molecule has 1 aromatic carbocycles. The Bertz CT molecular complexity index is 432. The van der Waals surface area contributed by atoms with E-state index in [0.717, 1.165) is 12.0 Å². The molecule has 0 radical (unpaired) electrons. The quantitative estimate of drug-likeness (QED) is 0.769. The molecule has 0 aromatic heterocycles. The van der Waals surface area contributed by atoms with Crippen molar-refractivity contribution in [3.63, 3.8) is 0 Å². The minimum absolute atomic E-state index is 0.717. The average molecular weight is 247 g/mol. The first-order valence-electron chi connectivity index (χ1n) is 4.82. The first-order chi connectivity index (χ1) is 6.79. The van der Waals surface area contributed by atoms with Gasteiger partial charge in [0.2, 0.25) is 9.05 Å². The van der Waals surface area contributed by atoms with Crippen LogP contribution in [0.25, 0.3) is 0 Å². The van der Waals surface area contributed by atoms with E-state index < -0.39 is 13.8 Å². The van der Waals surface area contributed by atoms with E-state index in [0.29, 0.717) is 0 Å². The molecule has 0 heterocycles. The van der Waals surface area contributed by atoms with Crippen molar-refractivity contribution in [2.75, 3.05) is 0 Å². The van der Waals surface area contributed by atoms with Gasteiger partial charge in [0, 0.05) is 10.7 Å². The molecule has 1 rings (SSSR count). The van der Waals surface area contributed by atoms with E-state index in [1.165, 1.54) is 5.56 Å². The van der Waals surface area contributed by atoms with Crippen molar-refractivity contribution in [2.45, 2.75) is 31.9 Å². The van der Waals surface area contributed by atoms with E-state index in [9.17, 15) is 8.42 Å². The second-order valence-electron chi connectivity index (χ2n) is 4.00. The molecule has 1 aromatic rings. The van der Waals surface area contributed by atoms with Gasteiger partial charge in [-0.1, -0.05) is 31.2 Å². The van der Waals surface area contributed by atoms with Gasteiger partial charge >= 0.3 is 0 Å². The van der Waals surface area contributed by atoms with E-state index in [2.05, 4.69) is 6.92 Å². The zero-order valence-corrected chi connectivity index (χ0v) is 10.7. The predicted molar refractivity (Wildman–Crippen MR) is 63.6 cm³/mol. The van der Waals surface area contributed by atoms with Gasteiger partial charge in [-0.25, -0.2) is 8.42 Å². The largest absolute Gasteiger partial charge is 0.241 e. The van der Waals surface area contributed by atoms with Crippen LogP contribution < -0.4 is 0 Å². The highest BCUT2D eigenvalue weighted by molar-refractivity contribution is 8.14. The van der Waals surface area contributed by atoms with Gasteiger partial charge in [0.25, 0.3) is 0 Å². The summed E-state index contributed by atoms with van der Waals surface area (Å²) in [6.07, 6.45) is 0.939. The minimum Gasteiger partial charge on any atom is -0.211 e. The van der Waals surface area contributed by atoms with Crippen molar-refractivity contribution in [2.24, 2.45) is 0 Å². The monoisotopic (exact) mass is 246 g/mol.